The zero-order valence-corrected chi connectivity index (χ0v) is 15.9. The molecule has 0 amide bonds. The van der Waals surface area contributed by atoms with E-state index in [0.29, 0.717) is 22.0 Å². The van der Waals surface area contributed by atoms with Gasteiger partial charge in [-0.25, -0.2) is 4.68 Å². The molecule has 3 nitrogen and oxygen atoms in total. The molecule has 0 aliphatic carbocycles. The fraction of sp³-hybridized carbons (Fsp3) is 0.174. The van der Waals surface area contributed by atoms with Gasteiger partial charge in [0.2, 0.25) is 5.60 Å². The van der Waals surface area contributed by atoms with E-state index in [0.717, 1.165) is 5.69 Å². The van der Waals surface area contributed by atoms with E-state index in [2.05, 4.69) is 5.10 Å². The molecule has 0 aliphatic rings. The number of aryl methyl sites for hydroxylation is 1. The molecular weight excluding hydrogens is 377 g/mol. The van der Waals surface area contributed by atoms with Crippen LogP contribution < -0.4 is 0 Å². The van der Waals surface area contributed by atoms with Crippen LogP contribution in [0.3, 0.4) is 0 Å². The SMILES string of the molecule is Cc1cccc(C(O)(c2ccc3c(cnn3-c3ccccc3)c2)C(F)(F)F)c1C. The van der Waals surface area contributed by atoms with Crippen LogP contribution in [0.1, 0.15) is 22.3 Å². The summed E-state index contributed by atoms with van der Waals surface area (Å²) < 4.78 is 44.2. The van der Waals surface area contributed by atoms with Crippen molar-refractivity contribution in [2.24, 2.45) is 0 Å². The Morgan fingerprint density at radius 3 is 2.31 bits per heavy atom. The summed E-state index contributed by atoms with van der Waals surface area (Å²) in [5.74, 6) is 0. The number of halogens is 3. The topological polar surface area (TPSA) is 38.1 Å². The van der Waals surface area contributed by atoms with Crippen LogP contribution in [0, 0.1) is 13.8 Å². The van der Waals surface area contributed by atoms with Gasteiger partial charge in [0, 0.05) is 10.9 Å². The van der Waals surface area contributed by atoms with Crippen LogP contribution in [0.15, 0.2) is 72.9 Å². The van der Waals surface area contributed by atoms with Crippen molar-refractivity contribution in [1.82, 2.24) is 9.78 Å². The first kappa shape index (κ1) is 19.2. The Morgan fingerprint density at radius 1 is 0.897 bits per heavy atom. The number of nitrogens with zero attached hydrogens (tertiary/aromatic N) is 2. The van der Waals surface area contributed by atoms with E-state index in [1.54, 1.807) is 30.7 Å². The minimum absolute atomic E-state index is 0.167. The van der Waals surface area contributed by atoms with Gasteiger partial charge in [0.15, 0.2) is 0 Å². The monoisotopic (exact) mass is 396 g/mol. The number of fused-ring (bicyclic) bond motifs is 1. The van der Waals surface area contributed by atoms with Gasteiger partial charge in [-0.3, -0.25) is 0 Å². The van der Waals surface area contributed by atoms with Gasteiger partial charge in [-0.1, -0.05) is 42.5 Å². The smallest absolute Gasteiger partial charge is 0.372 e. The van der Waals surface area contributed by atoms with Crippen molar-refractivity contribution in [1.29, 1.82) is 0 Å². The number of rotatable bonds is 3. The van der Waals surface area contributed by atoms with Gasteiger partial charge >= 0.3 is 6.18 Å². The lowest BCUT2D eigenvalue weighted by Crippen LogP contribution is -2.44. The summed E-state index contributed by atoms with van der Waals surface area (Å²) in [7, 11) is 0. The second-order valence-electron chi connectivity index (χ2n) is 7.12. The van der Waals surface area contributed by atoms with Crippen LogP contribution in [0.25, 0.3) is 16.6 Å². The lowest BCUT2D eigenvalue weighted by Gasteiger charge is -2.33. The normalized spacial score (nSPS) is 14.1. The van der Waals surface area contributed by atoms with Crippen LogP contribution in [0.4, 0.5) is 13.2 Å². The third-order valence-corrected chi connectivity index (χ3v) is 5.39. The summed E-state index contributed by atoms with van der Waals surface area (Å²) in [6.07, 6.45) is -3.39. The maximum absolute atomic E-state index is 14.2. The Labute approximate surface area is 166 Å². The first-order valence-corrected chi connectivity index (χ1v) is 9.13. The van der Waals surface area contributed by atoms with E-state index < -0.39 is 11.8 Å². The van der Waals surface area contributed by atoms with Crippen molar-refractivity contribution in [3.05, 3.63) is 95.2 Å². The van der Waals surface area contributed by atoms with E-state index in [4.69, 9.17) is 0 Å². The summed E-state index contributed by atoms with van der Waals surface area (Å²) in [5, 5.41) is 15.8. The first-order chi connectivity index (χ1) is 13.7. The molecule has 3 aromatic carbocycles. The van der Waals surface area contributed by atoms with Crippen molar-refractivity contribution >= 4 is 10.9 Å². The molecule has 0 saturated heterocycles. The number of benzene rings is 3. The average Bonchev–Trinajstić information content (AvgIpc) is 3.12. The van der Waals surface area contributed by atoms with Crippen molar-refractivity contribution in [3.8, 4) is 5.69 Å². The lowest BCUT2D eigenvalue weighted by molar-refractivity contribution is -0.248. The van der Waals surface area contributed by atoms with E-state index >= 15 is 0 Å². The van der Waals surface area contributed by atoms with Crippen molar-refractivity contribution < 1.29 is 18.3 Å². The largest absolute Gasteiger partial charge is 0.425 e. The Morgan fingerprint density at radius 2 is 1.62 bits per heavy atom. The highest BCUT2D eigenvalue weighted by atomic mass is 19.4. The molecule has 4 aromatic rings. The molecule has 0 radical (unpaired) electrons. The number of para-hydroxylation sites is 1. The van der Waals surface area contributed by atoms with E-state index in [1.807, 2.05) is 30.3 Å². The molecule has 1 aromatic heterocycles. The van der Waals surface area contributed by atoms with E-state index in [9.17, 15) is 18.3 Å². The number of hydrogen-bond donors (Lipinski definition) is 1. The zero-order valence-electron chi connectivity index (χ0n) is 15.9. The predicted octanol–water partition coefficient (Wildman–Crippen LogP) is 5.44. The average molecular weight is 396 g/mol. The van der Waals surface area contributed by atoms with Gasteiger partial charge in [-0.15, -0.1) is 0 Å². The molecule has 1 atom stereocenters. The molecule has 6 heteroatoms. The number of aromatic nitrogens is 2. The molecule has 29 heavy (non-hydrogen) atoms. The fourth-order valence-corrected chi connectivity index (χ4v) is 3.65. The standard InChI is InChI=1S/C23H19F3N2O/c1-15-7-6-10-20(16(15)2)22(29,23(24,25)26)18-11-12-21-17(13-18)14-27-28(21)19-8-4-3-5-9-19/h3-14,29H,1-2H3. The molecule has 0 fully saturated rings. The Bertz CT molecular complexity index is 1180. The Hall–Kier alpha value is -3.12. The molecule has 1 N–H and O–H groups in total. The maximum Gasteiger partial charge on any atom is 0.425 e. The maximum atomic E-state index is 14.2. The lowest BCUT2D eigenvalue weighted by atomic mass is 9.82. The Balaban J connectivity index is 1.92. The first-order valence-electron chi connectivity index (χ1n) is 9.13. The van der Waals surface area contributed by atoms with E-state index in [-0.39, 0.29) is 11.1 Å². The van der Waals surface area contributed by atoms with Gasteiger partial charge < -0.3 is 5.11 Å². The molecule has 0 bridgehead atoms. The van der Waals surface area contributed by atoms with Crippen molar-refractivity contribution in [2.75, 3.05) is 0 Å². The Kier molecular flexibility index (Phi) is 4.46. The molecule has 4 rings (SSSR count). The van der Waals surface area contributed by atoms with Crippen LogP contribution in [0.2, 0.25) is 0 Å². The van der Waals surface area contributed by atoms with Gasteiger partial charge in [0.05, 0.1) is 17.4 Å². The number of hydrogen-bond acceptors (Lipinski definition) is 2. The van der Waals surface area contributed by atoms with Crippen LogP contribution >= 0.6 is 0 Å². The van der Waals surface area contributed by atoms with Crippen LogP contribution in [-0.2, 0) is 5.60 Å². The van der Waals surface area contributed by atoms with Gasteiger partial charge in [0.25, 0.3) is 0 Å². The van der Waals surface area contributed by atoms with Gasteiger partial charge in [-0.05, 0) is 54.8 Å². The second kappa shape index (κ2) is 6.74. The minimum Gasteiger partial charge on any atom is -0.372 e. The van der Waals surface area contributed by atoms with E-state index in [1.165, 1.54) is 30.5 Å². The van der Waals surface area contributed by atoms with Crippen molar-refractivity contribution in [2.45, 2.75) is 25.6 Å². The predicted molar refractivity (Wildman–Crippen MR) is 106 cm³/mol. The highest BCUT2D eigenvalue weighted by Gasteiger charge is 2.57. The molecular formula is C23H19F3N2O. The molecule has 0 saturated carbocycles. The molecule has 0 aliphatic heterocycles. The van der Waals surface area contributed by atoms with Crippen LogP contribution in [-0.4, -0.2) is 21.1 Å². The minimum atomic E-state index is -4.89. The number of aliphatic hydroxyl groups is 1. The summed E-state index contributed by atoms with van der Waals surface area (Å²) >= 11 is 0. The molecule has 1 unspecified atom stereocenters. The molecule has 148 valence electrons. The summed E-state index contributed by atoms with van der Waals surface area (Å²) in [4.78, 5) is 0. The second-order valence-corrected chi connectivity index (χ2v) is 7.12. The summed E-state index contributed by atoms with van der Waals surface area (Å²) in [6.45, 7) is 3.32. The third kappa shape index (κ3) is 3.00. The molecule has 1 heterocycles. The highest BCUT2D eigenvalue weighted by molar-refractivity contribution is 5.81. The van der Waals surface area contributed by atoms with Crippen molar-refractivity contribution in [3.63, 3.8) is 0 Å². The third-order valence-electron chi connectivity index (χ3n) is 5.39. The zero-order chi connectivity index (χ0) is 20.8. The number of alkyl halides is 3. The van der Waals surface area contributed by atoms with Crippen LogP contribution in [0.5, 0.6) is 0 Å². The quantitative estimate of drug-likeness (QED) is 0.501. The summed E-state index contributed by atoms with van der Waals surface area (Å²) in [6, 6.07) is 18.1. The fourth-order valence-electron chi connectivity index (χ4n) is 3.65. The highest BCUT2D eigenvalue weighted by Crippen LogP contribution is 2.46. The van der Waals surface area contributed by atoms with Gasteiger partial charge in [0.1, 0.15) is 0 Å². The van der Waals surface area contributed by atoms with Gasteiger partial charge in [-0.2, -0.15) is 18.3 Å². The molecule has 0 spiro atoms. The summed E-state index contributed by atoms with van der Waals surface area (Å²) in [5.41, 5.74) is -0.970.